The number of nitrogens with zero attached hydrogens (tertiary/aromatic N) is 4. The van der Waals surface area contributed by atoms with Gasteiger partial charge < -0.3 is 9.47 Å². The SMILES string of the molecule is Cc1ccccc1-c1nnc(S[C@H](C)C(=O)N2CCc3ccccc3C2)n1C. The van der Waals surface area contributed by atoms with Crippen LogP contribution in [0, 0.1) is 6.92 Å². The number of aryl methyl sites for hydroxylation is 1. The molecule has 0 saturated heterocycles. The van der Waals surface area contributed by atoms with Gasteiger partial charge in [-0.05, 0) is 37.0 Å². The van der Waals surface area contributed by atoms with E-state index in [-0.39, 0.29) is 11.2 Å². The maximum Gasteiger partial charge on any atom is 0.236 e. The molecule has 1 atom stereocenters. The van der Waals surface area contributed by atoms with Crippen molar-refractivity contribution in [2.24, 2.45) is 7.05 Å². The number of hydrogen-bond acceptors (Lipinski definition) is 4. The monoisotopic (exact) mass is 392 g/mol. The number of amides is 1. The normalized spacial score (nSPS) is 14.6. The number of hydrogen-bond donors (Lipinski definition) is 0. The molecule has 6 heteroatoms. The fourth-order valence-electron chi connectivity index (χ4n) is 3.63. The minimum absolute atomic E-state index is 0.153. The summed E-state index contributed by atoms with van der Waals surface area (Å²) in [6, 6.07) is 16.5. The fraction of sp³-hybridized carbons (Fsp3) is 0.318. The summed E-state index contributed by atoms with van der Waals surface area (Å²) < 4.78 is 1.97. The van der Waals surface area contributed by atoms with E-state index in [1.165, 1.54) is 22.9 Å². The molecular weight excluding hydrogens is 368 g/mol. The first-order valence-corrected chi connectivity index (χ1v) is 10.4. The molecule has 1 amide bonds. The lowest BCUT2D eigenvalue weighted by atomic mass is 10.00. The van der Waals surface area contributed by atoms with Gasteiger partial charge in [0.2, 0.25) is 5.91 Å². The van der Waals surface area contributed by atoms with Gasteiger partial charge in [0.05, 0.1) is 5.25 Å². The van der Waals surface area contributed by atoms with E-state index in [0.29, 0.717) is 6.54 Å². The van der Waals surface area contributed by atoms with Crippen molar-refractivity contribution in [2.75, 3.05) is 6.54 Å². The Morgan fingerprint density at radius 2 is 1.79 bits per heavy atom. The Kier molecular flexibility index (Phi) is 5.22. The van der Waals surface area contributed by atoms with Gasteiger partial charge in [0.1, 0.15) is 0 Å². The summed E-state index contributed by atoms with van der Waals surface area (Å²) >= 11 is 1.47. The molecule has 1 aromatic heterocycles. The molecule has 0 fully saturated rings. The quantitative estimate of drug-likeness (QED) is 0.633. The molecule has 28 heavy (non-hydrogen) atoms. The Morgan fingerprint density at radius 3 is 2.57 bits per heavy atom. The third-order valence-corrected chi connectivity index (χ3v) is 6.41. The smallest absolute Gasteiger partial charge is 0.236 e. The number of benzene rings is 2. The lowest BCUT2D eigenvalue weighted by Crippen LogP contribution is -2.40. The first-order chi connectivity index (χ1) is 13.5. The number of aromatic nitrogens is 3. The standard InChI is InChI=1S/C22H24N4OS/c1-15-8-4-7-11-19(15)20-23-24-22(25(20)3)28-16(2)21(27)26-13-12-17-9-5-6-10-18(17)14-26/h4-11,16H,12-14H2,1-3H3/t16-/m1/s1. The zero-order valence-electron chi connectivity index (χ0n) is 16.4. The van der Waals surface area contributed by atoms with Crippen molar-refractivity contribution in [2.45, 2.75) is 37.2 Å². The molecule has 0 unspecified atom stereocenters. The lowest BCUT2D eigenvalue weighted by molar-refractivity contribution is -0.131. The van der Waals surface area contributed by atoms with Gasteiger partial charge in [0.15, 0.2) is 11.0 Å². The van der Waals surface area contributed by atoms with Crippen LogP contribution in [0.15, 0.2) is 53.7 Å². The molecule has 0 bridgehead atoms. The highest BCUT2D eigenvalue weighted by atomic mass is 32.2. The van der Waals surface area contributed by atoms with Gasteiger partial charge in [-0.25, -0.2) is 0 Å². The molecule has 0 spiro atoms. The highest BCUT2D eigenvalue weighted by molar-refractivity contribution is 8.00. The summed E-state index contributed by atoms with van der Waals surface area (Å²) in [7, 11) is 1.96. The van der Waals surface area contributed by atoms with E-state index in [2.05, 4.69) is 41.4 Å². The second kappa shape index (κ2) is 7.80. The summed E-state index contributed by atoms with van der Waals surface area (Å²) in [5, 5.41) is 9.26. The molecule has 1 aliphatic heterocycles. The van der Waals surface area contributed by atoms with Crippen LogP contribution in [0.4, 0.5) is 0 Å². The summed E-state index contributed by atoms with van der Waals surface area (Å²) in [6.07, 6.45) is 0.917. The van der Waals surface area contributed by atoms with Crippen LogP contribution in [-0.2, 0) is 24.8 Å². The van der Waals surface area contributed by atoms with E-state index in [9.17, 15) is 4.79 Å². The third-order valence-electron chi connectivity index (χ3n) is 5.29. The van der Waals surface area contributed by atoms with Crippen molar-refractivity contribution >= 4 is 17.7 Å². The molecule has 4 rings (SSSR count). The minimum Gasteiger partial charge on any atom is -0.337 e. The van der Waals surface area contributed by atoms with Crippen LogP contribution < -0.4 is 0 Å². The molecular formula is C22H24N4OS. The Morgan fingerprint density at radius 1 is 1.07 bits per heavy atom. The van der Waals surface area contributed by atoms with Crippen LogP contribution in [-0.4, -0.2) is 37.4 Å². The van der Waals surface area contributed by atoms with Crippen molar-refractivity contribution in [3.05, 3.63) is 65.2 Å². The molecule has 2 heterocycles. The van der Waals surface area contributed by atoms with E-state index in [1.807, 2.05) is 47.7 Å². The number of carbonyl (C=O) groups excluding carboxylic acids is 1. The molecule has 0 N–H and O–H groups in total. The fourth-order valence-corrected chi connectivity index (χ4v) is 4.52. The van der Waals surface area contributed by atoms with Crippen LogP contribution in [0.25, 0.3) is 11.4 Å². The van der Waals surface area contributed by atoms with Gasteiger partial charge in [0, 0.05) is 25.7 Å². The van der Waals surface area contributed by atoms with Crippen LogP contribution in [0.2, 0.25) is 0 Å². The highest BCUT2D eigenvalue weighted by Crippen LogP contribution is 2.29. The maximum absolute atomic E-state index is 13.0. The second-order valence-corrected chi connectivity index (χ2v) is 8.53. The Balaban J connectivity index is 1.48. The van der Waals surface area contributed by atoms with Crippen LogP contribution in [0.1, 0.15) is 23.6 Å². The molecule has 3 aromatic rings. The molecule has 1 aliphatic rings. The molecule has 0 aliphatic carbocycles. The van der Waals surface area contributed by atoms with Crippen molar-refractivity contribution in [1.29, 1.82) is 0 Å². The molecule has 0 saturated carbocycles. The first-order valence-electron chi connectivity index (χ1n) is 9.52. The Bertz CT molecular complexity index is 1010. The lowest BCUT2D eigenvalue weighted by Gasteiger charge is -2.30. The molecule has 0 radical (unpaired) electrons. The zero-order valence-corrected chi connectivity index (χ0v) is 17.2. The van der Waals surface area contributed by atoms with Gasteiger partial charge in [-0.3, -0.25) is 4.79 Å². The number of fused-ring (bicyclic) bond motifs is 1. The van der Waals surface area contributed by atoms with Gasteiger partial charge in [-0.1, -0.05) is 60.3 Å². The van der Waals surface area contributed by atoms with Gasteiger partial charge in [-0.15, -0.1) is 10.2 Å². The summed E-state index contributed by atoms with van der Waals surface area (Å²) in [5.74, 6) is 0.979. The minimum atomic E-state index is -0.210. The van der Waals surface area contributed by atoms with E-state index in [0.717, 1.165) is 35.1 Å². The van der Waals surface area contributed by atoms with E-state index < -0.39 is 0 Å². The number of thioether (sulfide) groups is 1. The Labute approximate surface area is 169 Å². The van der Waals surface area contributed by atoms with Gasteiger partial charge >= 0.3 is 0 Å². The van der Waals surface area contributed by atoms with Crippen LogP contribution in [0.5, 0.6) is 0 Å². The summed E-state index contributed by atoms with van der Waals surface area (Å²) in [6.45, 7) is 5.48. The van der Waals surface area contributed by atoms with Gasteiger partial charge in [0.25, 0.3) is 0 Å². The number of rotatable bonds is 4. The van der Waals surface area contributed by atoms with E-state index in [1.54, 1.807) is 0 Å². The second-order valence-electron chi connectivity index (χ2n) is 7.22. The summed E-state index contributed by atoms with van der Waals surface area (Å²) in [5.41, 5.74) is 4.82. The van der Waals surface area contributed by atoms with Crippen molar-refractivity contribution in [3.8, 4) is 11.4 Å². The van der Waals surface area contributed by atoms with Crippen molar-refractivity contribution in [1.82, 2.24) is 19.7 Å². The maximum atomic E-state index is 13.0. The zero-order chi connectivity index (χ0) is 19.7. The average molecular weight is 393 g/mol. The van der Waals surface area contributed by atoms with E-state index in [4.69, 9.17) is 0 Å². The number of carbonyl (C=O) groups is 1. The highest BCUT2D eigenvalue weighted by Gasteiger charge is 2.26. The van der Waals surface area contributed by atoms with Gasteiger partial charge in [-0.2, -0.15) is 0 Å². The molecule has 144 valence electrons. The van der Waals surface area contributed by atoms with Crippen molar-refractivity contribution < 1.29 is 4.79 Å². The first kappa shape index (κ1) is 18.7. The van der Waals surface area contributed by atoms with Crippen LogP contribution in [0.3, 0.4) is 0 Å². The van der Waals surface area contributed by atoms with E-state index >= 15 is 0 Å². The Hall–Kier alpha value is -2.60. The third kappa shape index (κ3) is 3.56. The predicted molar refractivity (Wildman–Crippen MR) is 112 cm³/mol. The molecule has 2 aromatic carbocycles. The van der Waals surface area contributed by atoms with Crippen molar-refractivity contribution in [3.63, 3.8) is 0 Å². The summed E-state index contributed by atoms with van der Waals surface area (Å²) in [4.78, 5) is 15.0. The topological polar surface area (TPSA) is 51.0 Å². The van der Waals surface area contributed by atoms with Crippen LogP contribution >= 0.6 is 11.8 Å². The predicted octanol–water partition coefficient (Wildman–Crippen LogP) is 3.86. The largest absolute Gasteiger partial charge is 0.337 e. The average Bonchev–Trinajstić information content (AvgIpc) is 3.07. The molecule has 5 nitrogen and oxygen atoms in total.